The fraction of sp³-hybridized carbons (Fsp3) is 0.263. The van der Waals surface area contributed by atoms with Gasteiger partial charge in [0.2, 0.25) is 6.10 Å². The number of anilines is 1. The molecular weight excluding hydrogens is 322 g/mol. The number of fused-ring (bicyclic) bond motifs is 1. The zero-order valence-electron chi connectivity index (χ0n) is 14.2. The highest BCUT2D eigenvalue weighted by Gasteiger charge is 2.34. The molecule has 0 saturated carbocycles. The van der Waals surface area contributed by atoms with E-state index in [1.165, 1.54) is 7.11 Å². The van der Waals surface area contributed by atoms with E-state index in [0.717, 1.165) is 0 Å². The minimum absolute atomic E-state index is 0.341. The van der Waals surface area contributed by atoms with Crippen LogP contribution in [0.4, 0.5) is 5.69 Å². The van der Waals surface area contributed by atoms with E-state index >= 15 is 0 Å². The lowest BCUT2D eigenvalue weighted by Gasteiger charge is -2.31. The van der Waals surface area contributed by atoms with Crippen molar-refractivity contribution < 1.29 is 23.8 Å². The summed E-state index contributed by atoms with van der Waals surface area (Å²) in [4.78, 5) is 24.4. The first-order valence-corrected chi connectivity index (χ1v) is 7.92. The first kappa shape index (κ1) is 16.8. The molecule has 130 valence electrons. The fourth-order valence-corrected chi connectivity index (χ4v) is 2.71. The molecule has 2 unspecified atom stereocenters. The van der Waals surface area contributed by atoms with Crippen LogP contribution in [0.2, 0.25) is 0 Å². The number of ether oxygens (including phenoxy) is 3. The molecule has 0 fully saturated rings. The highest BCUT2D eigenvalue weighted by Crippen LogP contribution is 2.33. The summed E-state index contributed by atoms with van der Waals surface area (Å²) in [7, 11) is 1.32. The van der Waals surface area contributed by atoms with Crippen molar-refractivity contribution in [2.75, 3.05) is 12.4 Å². The number of para-hydroxylation sites is 2. The van der Waals surface area contributed by atoms with Gasteiger partial charge in [0.15, 0.2) is 11.5 Å². The van der Waals surface area contributed by atoms with E-state index in [4.69, 9.17) is 14.2 Å². The molecule has 25 heavy (non-hydrogen) atoms. The summed E-state index contributed by atoms with van der Waals surface area (Å²) in [6.45, 7) is 3.52. The van der Waals surface area contributed by atoms with Gasteiger partial charge in [0, 0.05) is 5.69 Å². The quantitative estimate of drug-likeness (QED) is 0.869. The predicted octanol–water partition coefficient (Wildman–Crippen LogP) is 2.95. The van der Waals surface area contributed by atoms with E-state index in [1.54, 1.807) is 44.2 Å². The number of hydrogen-bond acceptors (Lipinski definition) is 5. The van der Waals surface area contributed by atoms with E-state index < -0.39 is 18.2 Å². The van der Waals surface area contributed by atoms with Gasteiger partial charge in [0.05, 0.1) is 12.7 Å². The van der Waals surface area contributed by atoms with Gasteiger partial charge in [-0.15, -0.1) is 0 Å². The Kier molecular flexibility index (Phi) is 4.61. The van der Waals surface area contributed by atoms with E-state index in [1.807, 2.05) is 12.1 Å². The maximum atomic E-state index is 12.7. The molecule has 1 aliphatic rings. The number of carbonyl (C=O) groups excluding carboxylic acids is 2. The van der Waals surface area contributed by atoms with Gasteiger partial charge in [0.25, 0.3) is 5.91 Å². The molecule has 6 heteroatoms. The first-order valence-electron chi connectivity index (χ1n) is 7.92. The number of methoxy groups -OCH3 is 1. The van der Waals surface area contributed by atoms with Crippen molar-refractivity contribution in [3.05, 3.63) is 53.6 Å². The summed E-state index contributed by atoms with van der Waals surface area (Å²) in [5.74, 6) is 0.351. The van der Waals surface area contributed by atoms with Crippen LogP contribution in [-0.2, 0) is 9.53 Å². The summed E-state index contributed by atoms with van der Waals surface area (Å²) in [5, 5.41) is 2.81. The van der Waals surface area contributed by atoms with E-state index in [0.29, 0.717) is 28.3 Å². The molecule has 0 bridgehead atoms. The van der Waals surface area contributed by atoms with Gasteiger partial charge >= 0.3 is 5.97 Å². The molecule has 2 aromatic carbocycles. The Morgan fingerprint density at radius 2 is 1.72 bits per heavy atom. The lowest BCUT2D eigenvalue weighted by Crippen LogP contribution is -2.46. The van der Waals surface area contributed by atoms with Gasteiger partial charge in [-0.25, -0.2) is 4.79 Å². The summed E-state index contributed by atoms with van der Waals surface area (Å²) < 4.78 is 16.3. The molecule has 2 aromatic rings. The predicted molar refractivity (Wildman–Crippen MR) is 92.1 cm³/mol. The van der Waals surface area contributed by atoms with Crippen molar-refractivity contribution in [2.24, 2.45) is 0 Å². The number of carbonyl (C=O) groups is 2. The van der Waals surface area contributed by atoms with Crippen LogP contribution in [0.3, 0.4) is 0 Å². The summed E-state index contributed by atoms with van der Waals surface area (Å²) in [5.41, 5.74) is 1.56. The molecule has 0 spiro atoms. The topological polar surface area (TPSA) is 73.9 Å². The number of esters is 1. The monoisotopic (exact) mass is 341 g/mol. The minimum Gasteiger partial charge on any atom is -0.482 e. The summed E-state index contributed by atoms with van der Waals surface area (Å²) in [6, 6.07) is 12.3. The Balaban J connectivity index is 1.80. The highest BCUT2D eigenvalue weighted by molar-refractivity contribution is 5.98. The van der Waals surface area contributed by atoms with Crippen LogP contribution in [0.25, 0.3) is 0 Å². The molecule has 6 nitrogen and oxygen atoms in total. The van der Waals surface area contributed by atoms with Gasteiger partial charge in [-0.2, -0.15) is 0 Å². The lowest BCUT2D eigenvalue weighted by molar-refractivity contribution is -0.128. The minimum atomic E-state index is -0.795. The van der Waals surface area contributed by atoms with E-state index in [2.05, 4.69) is 5.32 Å². The Hall–Kier alpha value is -3.02. The molecule has 0 saturated heterocycles. The average Bonchev–Trinajstić information content (AvgIpc) is 2.62. The normalized spacial score (nSPS) is 18.4. The second kappa shape index (κ2) is 6.84. The van der Waals surface area contributed by atoms with Crippen molar-refractivity contribution in [3.63, 3.8) is 0 Å². The molecule has 3 rings (SSSR count). The van der Waals surface area contributed by atoms with Crippen molar-refractivity contribution in [1.82, 2.24) is 0 Å². The van der Waals surface area contributed by atoms with Crippen LogP contribution in [0.15, 0.2) is 42.5 Å². The SMILES string of the molecule is COC(=O)c1cccc(NC(=O)C2Oc3ccccc3OC2C)c1C. The van der Waals surface area contributed by atoms with Crippen LogP contribution in [-0.4, -0.2) is 31.2 Å². The standard InChI is InChI=1S/C19H19NO5/c1-11-13(19(22)23-3)7-6-8-14(11)20-18(21)17-12(2)24-15-9-4-5-10-16(15)25-17/h4-10,12,17H,1-3H3,(H,20,21). The number of benzene rings is 2. The Morgan fingerprint density at radius 3 is 2.40 bits per heavy atom. The fourth-order valence-electron chi connectivity index (χ4n) is 2.71. The number of rotatable bonds is 3. The smallest absolute Gasteiger partial charge is 0.338 e. The largest absolute Gasteiger partial charge is 0.482 e. The van der Waals surface area contributed by atoms with Crippen molar-refractivity contribution in [3.8, 4) is 11.5 Å². The van der Waals surface area contributed by atoms with Gasteiger partial charge < -0.3 is 19.5 Å². The second-order valence-corrected chi connectivity index (χ2v) is 5.77. The van der Waals surface area contributed by atoms with Crippen LogP contribution >= 0.6 is 0 Å². The lowest BCUT2D eigenvalue weighted by atomic mass is 10.1. The van der Waals surface area contributed by atoms with E-state index in [9.17, 15) is 9.59 Å². The maximum absolute atomic E-state index is 12.7. The number of nitrogens with one attached hydrogen (secondary N) is 1. The van der Waals surface area contributed by atoms with Gasteiger partial charge in [-0.05, 0) is 43.7 Å². The molecular formula is C19H19NO5. The van der Waals surface area contributed by atoms with Crippen LogP contribution in [0, 0.1) is 6.92 Å². The highest BCUT2D eigenvalue weighted by atomic mass is 16.6. The maximum Gasteiger partial charge on any atom is 0.338 e. The zero-order valence-corrected chi connectivity index (χ0v) is 14.2. The van der Waals surface area contributed by atoms with Crippen molar-refractivity contribution in [1.29, 1.82) is 0 Å². The molecule has 1 aliphatic heterocycles. The Bertz CT molecular complexity index is 817. The van der Waals surface area contributed by atoms with E-state index in [-0.39, 0.29) is 5.91 Å². The van der Waals surface area contributed by atoms with Crippen molar-refractivity contribution >= 4 is 17.6 Å². The summed E-state index contributed by atoms with van der Waals surface area (Å²) >= 11 is 0. The Morgan fingerprint density at radius 1 is 1.04 bits per heavy atom. The molecule has 2 atom stereocenters. The first-order chi connectivity index (χ1) is 12.0. The average molecular weight is 341 g/mol. The van der Waals surface area contributed by atoms with Crippen molar-refractivity contribution in [2.45, 2.75) is 26.1 Å². The van der Waals surface area contributed by atoms with Gasteiger partial charge in [-0.3, -0.25) is 4.79 Å². The molecule has 1 heterocycles. The third-order valence-electron chi connectivity index (χ3n) is 4.10. The number of hydrogen-bond donors (Lipinski definition) is 1. The molecule has 0 aliphatic carbocycles. The van der Waals surface area contributed by atoms with Crippen LogP contribution in [0.5, 0.6) is 11.5 Å². The van der Waals surface area contributed by atoms with Crippen LogP contribution < -0.4 is 14.8 Å². The van der Waals surface area contributed by atoms with Crippen LogP contribution in [0.1, 0.15) is 22.8 Å². The molecule has 0 aromatic heterocycles. The van der Waals surface area contributed by atoms with Gasteiger partial charge in [-0.1, -0.05) is 18.2 Å². The summed E-state index contributed by atoms with van der Waals surface area (Å²) in [6.07, 6.45) is -1.24. The molecule has 1 amide bonds. The Labute approximate surface area is 145 Å². The van der Waals surface area contributed by atoms with Gasteiger partial charge in [0.1, 0.15) is 6.10 Å². The molecule has 1 N–H and O–H groups in total. The number of amides is 1. The second-order valence-electron chi connectivity index (χ2n) is 5.77. The zero-order chi connectivity index (χ0) is 18.0. The third-order valence-corrected chi connectivity index (χ3v) is 4.10. The molecule has 0 radical (unpaired) electrons. The third kappa shape index (κ3) is 3.28.